The number of piperazine rings is 1. The van der Waals surface area contributed by atoms with Gasteiger partial charge >= 0.3 is 0 Å². The molecule has 2 aliphatic rings. The van der Waals surface area contributed by atoms with Crippen LogP contribution >= 0.6 is 0 Å². The van der Waals surface area contributed by atoms with Gasteiger partial charge in [-0.3, -0.25) is 9.69 Å². The van der Waals surface area contributed by atoms with Crippen LogP contribution in [-0.4, -0.2) is 58.8 Å². The van der Waals surface area contributed by atoms with Crippen molar-refractivity contribution in [3.63, 3.8) is 0 Å². The summed E-state index contributed by atoms with van der Waals surface area (Å²) in [6.45, 7) is 7.33. The lowest BCUT2D eigenvalue weighted by Crippen LogP contribution is -2.49. The Morgan fingerprint density at radius 3 is 2.58 bits per heavy atom. The highest BCUT2D eigenvalue weighted by Gasteiger charge is 2.27. The monoisotopic (exact) mass is 448 g/mol. The zero-order valence-electron chi connectivity index (χ0n) is 19.0. The summed E-state index contributed by atoms with van der Waals surface area (Å²) in [5.74, 6) is 2.92. The Labute approximate surface area is 193 Å². The molecule has 8 heteroatoms. The molecule has 2 aliphatic heterocycles. The van der Waals surface area contributed by atoms with Crippen LogP contribution in [0.1, 0.15) is 36.4 Å². The van der Waals surface area contributed by atoms with Crippen LogP contribution in [-0.2, 0) is 11.2 Å². The van der Waals surface area contributed by atoms with Crippen LogP contribution in [0.25, 0.3) is 11.4 Å². The standard InChI is InChI=1S/C25H28N4O4/c1-17-3-7-20(8-4-17)24-26-25(33-27-24)18(2)28-11-13-29(14-12-28)23(30)10-6-19-5-9-21-22(15-19)32-16-31-21/h3-5,7-9,15,18H,6,10-14,16H2,1-2H3. The molecule has 8 nitrogen and oxygen atoms in total. The molecule has 0 N–H and O–H groups in total. The molecule has 33 heavy (non-hydrogen) atoms. The van der Waals surface area contributed by atoms with Crippen LogP contribution in [0.2, 0.25) is 0 Å². The predicted molar refractivity (Wildman–Crippen MR) is 122 cm³/mol. The smallest absolute Gasteiger partial charge is 0.244 e. The second-order valence-electron chi connectivity index (χ2n) is 8.60. The van der Waals surface area contributed by atoms with Crippen molar-refractivity contribution >= 4 is 5.91 Å². The largest absolute Gasteiger partial charge is 0.454 e. The van der Waals surface area contributed by atoms with Gasteiger partial charge in [0.1, 0.15) is 0 Å². The maximum Gasteiger partial charge on any atom is 0.244 e. The molecule has 0 spiro atoms. The van der Waals surface area contributed by atoms with Crippen molar-refractivity contribution in [3.05, 3.63) is 59.5 Å². The molecule has 2 aromatic carbocycles. The van der Waals surface area contributed by atoms with E-state index in [1.807, 2.05) is 47.4 Å². The van der Waals surface area contributed by atoms with E-state index in [0.29, 0.717) is 37.6 Å². The Bertz CT molecular complexity index is 1120. The molecule has 5 rings (SSSR count). The van der Waals surface area contributed by atoms with Crippen molar-refractivity contribution < 1.29 is 18.8 Å². The number of fused-ring (bicyclic) bond motifs is 1. The van der Waals surface area contributed by atoms with Crippen LogP contribution in [0.4, 0.5) is 0 Å². The molecule has 1 aromatic heterocycles. The van der Waals surface area contributed by atoms with Gasteiger partial charge in [-0.1, -0.05) is 41.1 Å². The van der Waals surface area contributed by atoms with Gasteiger partial charge in [-0.05, 0) is 38.0 Å². The maximum absolute atomic E-state index is 12.7. The van der Waals surface area contributed by atoms with Crippen molar-refractivity contribution in [3.8, 4) is 22.9 Å². The van der Waals surface area contributed by atoms with Gasteiger partial charge in [0.05, 0.1) is 6.04 Å². The summed E-state index contributed by atoms with van der Waals surface area (Å²) < 4.78 is 16.3. The first-order valence-corrected chi connectivity index (χ1v) is 11.4. The molecule has 3 heterocycles. The molecule has 1 unspecified atom stereocenters. The molecule has 172 valence electrons. The van der Waals surface area contributed by atoms with Crippen molar-refractivity contribution in [2.45, 2.75) is 32.7 Å². The summed E-state index contributed by atoms with van der Waals surface area (Å²) in [7, 11) is 0. The number of carbonyl (C=O) groups is 1. The lowest BCUT2D eigenvalue weighted by atomic mass is 10.1. The minimum absolute atomic E-state index is 0.00239. The van der Waals surface area contributed by atoms with Crippen LogP contribution in [0.3, 0.4) is 0 Å². The fraction of sp³-hybridized carbons (Fsp3) is 0.400. The van der Waals surface area contributed by atoms with Gasteiger partial charge < -0.3 is 18.9 Å². The lowest BCUT2D eigenvalue weighted by molar-refractivity contribution is -0.133. The molecule has 1 amide bonds. The number of nitrogens with zero attached hydrogens (tertiary/aromatic N) is 4. The third-order valence-corrected chi connectivity index (χ3v) is 6.39. The summed E-state index contributed by atoms with van der Waals surface area (Å²) in [5.41, 5.74) is 3.22. The highest BCUT2D eigenvalue weighted by atomic mass is 16.7. The topological polar surface area (TPSA) is 80.9 Å². The van der Waals surface area contributed by atoms with Crippen molar-refractivity contribution in [2.75, 3.05) is 33.0 Å². The lowest BCUT2D eigenvalue weighted by Gasteiger charge is -2.36. The Balaban J connectivity index is 1.12. The summed E-state index contributed by atoms with van der Waals surface area (Å²) in [4.78, 5) is 21.6. The van der Waals surface area contributed by atoms with Crippen molar-refractivity contribution in [1.82, 2.24) is 19.9 Å². The third kappa shape index (κ3) is 4.71. The summed E-state index contributed by atoms with van der Waals surface area (Å²) in [6, 6.07) is 14.0. The number of amides is 1. The average Bonchev–Trinajstić information content (AvgIpc) is 3.52. The molecule has 1 atom stereocenters. The number of benzene rings is 2. The highest BCUT2D eigenvalue weighted by molar-refractivity contribution is 5.76. The van der Waals surface area contributed by atoms with Crippen LogP contribution < -0.4 is 9.47 Å². The summed E-state index contributed by atoms with van der Waals surface area (Å²) in [6.07, 6.45) is 1.18. The van der Waals surface area contributed by atoms with E-state index in [0.717, 1.165) is 35.7 Å². The molecule has 0 radical (unpaired) electrons. The second kappa shape index (κ2) is 9.23. The van der Waals surface area contributed by atoms with Crippen LogP contribution in [0, 0.1) is 6.92 Å². The van der Waals surface area contributed by atoms with Gasteiger partial charge in [-0.2, -0.15) is 4.98 Å². The molecule has 1 fully saturated rings. The van der Waals surface area contributed by atoms with Gasteiger partial charge in [-0.25, -0.2) is 0 Å². The first-order chi connectivity index (χ1) is 16.1. The number of ether oxygens (including phenoxy) is 2. The molecular weight excluding hydrogens is 420 g/mol. The Hall–Kier alpha value is -3.39. The number of rotatable bonds is 6. The van der Waals surface area contributed by atoms with Gasteiger partial charge in [-0.15, -0.1) is 0 Å². The summed E-state index contributed by atoms with van der Waals surface area (Å²) >= 11 is 0. The SMILES string of the molecule is Cc1ccc(-c2noc(C(C)N3CCN(C(=O)CCc4ccc5c(c4)OCO5)CC3)n2)cc1. The number of carbonyl (C=O) groups excluding carboxylic acids is 1. The molecular formula is C25H28N4O4. The fourth-order valence-corrected chi connectivity index (χ4v) is 4.25. The normalized spacial score (nSPS) is 16.7. The predicted octanol–water partition coefficient (Wildman–Crippen LogP) is 3.61. The van der Waals surface area contributed by atoms with Crippen LogP contribution in [0.15, 0.2) is 47.0 Å². The molecule has 1 saturated heterocycles. The molecule has 3 aromatic rings. The molecule has 0 saturated carbocycles. The summed E-state index contributed by atoms with van der Waals surface area (Å²) in [5, 5.41) is 4.16. The Morgan fingerprint density at radius 1 is 1.03 bits per heavy atom. The number of aromatic nitrogens is 2. The highest BCUT2D eigenvalue weighted by Crippen LogP contribution is 2.33. The zero-order chi connectivity index (χ0) is 22.8. The Kier molecular flexibility index (Phi) is 6.00. The van der Waals surface area contributed by atoms with Crippen LogP contribution in [0.5, 0.6) is 11.5 Å². The first kappa shape index (κ1) is 21.5. The van der Waals surface area contributed by atoms with E-state index in [4.69, 9.17) is 14.0 Å². The quantitative estimate of drug-likeness (QED) is 0.570. The third-order valence-electron chi connectivity index (χ3n) is 6.39. The van der Waals surface area contributed by atoms with Crippen molar-refractivity contribution in [1.29, 1.82) is 0 Å². The average molecular weight is 449 g/mol. The molecule has 0 bridgehead atoms. The zero-order valence-corrected chi connectivity index (χ0v) is 19.0. The minimum atomic E-state index is 0.00239. The van der Waals surface area contributed by atoms with E-state index in [1.54, 1.807) is 0 Å². The van der Waals surface area contributed by atoms with Crippen molar-refractivity contribution in [2.24, 2.45) is 0 Å². The van der Waals surface area contributed by atoms with Gasteiger partial charge in [0, 0.05) is 38.2 Å². The van der Waals surface area contributed by atoms with E-state index in [9.17, 15) is 4.79 Å². The van der Waals surface area contributed by atoms with E-state index in [-0.39, 0.29) is 18.7 Å². The van der Waals surface area contributed by atoms with Gasteiger partial charge in [0.15, 0.2) is 11.5 Å². The van der Waals surface area contributed by atoms with Gasteiger partial charge in [0.25, 0.3) is 0 Å². The Morgan fingerprint density at radius 2 is 1.79 bits per heavy atom. The number of hydrogen-bond acceptors (Lipinski definition) is 7. The van der Waals surface area contributed by atoms with E-state index < -0.39 is 0 Å². The first-order valence-electron chi connectivity index (χ1n) is 11.4. The van der Waals surface area contributed by atoms with Gasteiger partial charge in [0.2, 0.25) is 24.4 Å². The minimum Gasteiger partial charge on any atom is -0.454 e. The number of aryl methyl sites for hydroxylation is 2. The fourth-order valence-electron chi connectivity index (χ4n) is 4.25. The van der Waals surface area contributed by atoms with E-state index in [1.165, 1.54) is 5.56 Å². The molecule has 0 aliphatic carbocycles. The number of hydrogen-bond donors (Lipinski definition) is 0. The van der Waals surface area contributed by atoms with E-state index >= 15 is 0 Å². The second-order valence-corrected chi connectivity index (χ2v) is 8.60. The maximum atomic E-state index is 12.7. The van der Waals surface area contributed by atoms with E-state index in [2.05, 4.69) is 28.9 Å².